The Balaban J connectivity index is 1.81. The molecule has 0 radical (unpaired) electrons. The summed E-state index contributed by atoms with van der Waals surface area (Å²) >= 11 is 0. The smallest absolute Gasteiger partial charge is 0.166 e. The van der Waals surface area contributed by atoms with Gasteiger partial charge in [-0.15, -0.1) is 0 Å². The van der Waals surface area contributed by atoms with Crippen LogP contribution in [0, 0.1) is 12.8 Å². The zero-order valence-electron chi connectivity index (χ0n) is 10.3. The topological polar surface area (TPSA) is 29.1 Å². The van der Waals surface area contributed by atoms with Crippen LogP contribution in [0.15, 0.2) is 24.3 Å². The van der Waals surface area contributed by atoms with Crippen LogP contribution in [0.5, 0.6) is 0 Å². The molecule has 1 N–H and O–H groups in total. The van der Waals surface area contributed by atoms with Crippen LogP contribution in [-0.4, -0.2) is 17.9 Å². The van der Waals surface area contributed by atoms with E-state index < -0.39 is 0 Å². The predicted molar refractivity (Wildman–Crippen MR) is 68.2 cm³/mol. The Morgan fingerprint density at radius 2 is 1.82 bits per heavy atom. The van der Waals surface area contributed by atoms with Crippen LogP contribution in [0.1, 0.15) is 41.6 Å². The van der Waals surface area contributed by atoms with E-state index in [0.717, 1.165) is 24.0 Å². The number of rotatable bonds is 2. The van der Waals surface area contributed by atoms with Crippen LogP contribution in [0.4, 0.5) is 0 Å². The normalized spacial score (nSPS) is 31.5. The third kappa shape index (κ3) is 2.02. The number of hydrogen-bond donors (Lipinski definition) is 1. The average molecular weight is 229 g/mol. The van der Waals surface area contributed by atoms with E-state index in [-0.39, 0.29) is 5.92 Å². The molecule has 1 aromatic rings. The molecule has 0 spiro atoms. The average Bonchev–Trinajstić information content (AvgIpc) is 2.68. The van der Waals surface area contributed by atoms with Gasteiger partial charge in [-0.25, -0.2) is 0 Å². The van der Waals surface area contributed by atoms with E-state index in [4.69, 9.17) is 0 Å². The van der Waals surface area contributed by atoms with E-state index in [0.29, 0.717) is 17.9 Å². The number of carbonyl (C=O) groups excluding carboxylic acids is 1. The molecule has 2 fully saturated rings. The molecule has 2 aliphatic rings. The predicted octanol–water partition coefficient (Wildman–Crippen LogP) is 2.71. The lowest BCUT2D eigenvalue weighted by atomic mass is 9.85. The van der Waals surface area contributed by atoms with Gasteiger partial charge in [-0.05, 0) is 38.2 Å². The Hall–Kier alpha value is -1.15. The maximum absolute atomic E-state index is 12.5. The van der Waals surface area contributed by atoms with Crippen molar-refractivity contribution in [2.75, 3.05) is 0 Å². The van der Waals surface area contributed by atoms with Crippen LogP contribution in [0.3, 0.4) is 0 Å². The Kier molecular flexibility index (Phi) is 2.75. The number of hydrogen-bond acceptors (Lipinski definition) is 2. The van der Waals surface area contributed by atoms with Gasteiger partial charge in [-0.3, -0.25) is 4.79 Å². The van der Waals surface area contributed by atoms with Crippen LogP contribution in [0.25, 0.3) is 0 Å². The molecular formula is C15H19NO. The van der Waals surface area contributed by atoms with E-state index >= 15 is 0 Å². The largest absolute Gasteiger partial charge is 0.311 e. The molecule has 2 unspecified atom stereocenters. The SMILES string of the molecule is Cc1ccccc1C(=O)C1CC2CCC(C1)N2. The molecule has 1 aromatic carbocycles. The first-order valence-corrected chi connectivity index (χ1v) is 6.60. The van der Waals surface area contributed by atoms with Crippen LogP contribution in [0.2, 0.25) is 0 Å². The molecule has 90 valence electrons. The quantitative estimate of drug-likeness (QED) is 0.790. The van der Waals surface area contributed by atoms with Crippen LogP contribution in [-0.2, 0) is 0 Å². The summed E-state index contributed by atoms with van der Waals surface area (Å²) in [6.07, 6.45) is 4.57. The van der Waals surface area contributed by atoms with E-state index in [2.05, 4.69) is 5.32 Å². The number of benzene rings is 1. The summed E-state index contributed by atoms with van der Waals surface area (Å²) in [5.74, 6) is 0.608. The molecule has 2 atom stereocenters. The first-order chi connectivity index (χ1) is 8.24. The maximum atomic E-state index is 12.5. The number of ketones is 1. The molecule has 3 rings (SSSR count). The van der Waals surface area contributed by atoms with Crippen LogP contribution >= 0.6 is 0 Å². The fourth-order valence-electron chi connectivity index (χ4n) is 3.34. The zero-order chi connectivity index (χ0) is 11.8. The van der Waals surface area contributed by atoms with Gasteiger partial charge in [0, 0.05) is 23.6 Å². The van der Waals surface area contributed by atoms with E-state index in [1.807, 2.05) is 31.2 Å². The first-order valence-electron chi connectivity index (χ1n) is 6.60. The number of fused-ring (bicyclic) bond motifs is 2. The second-order valence-corrected chi connectivity index (χ2v) is 5.49. The summed E-state index contributed by atoms with van der Waals surface area (Å²) in [7, 11) is 0. The molecule has 0 saturated carbocycles. The zero-order valence-corrected chi connectivity index (χ0v) is 10.3. The van der Waals surface area contributed by atoms with Crippen molar-refractivity contribution < 1.29 is 4.79 Å². The minimum absolute atomic E-state index is 0.245. The monoisotopic (exact) mass is 229 g/mol. The number of carbonyl (C=O) groups is 1. The highest BCUT2D eigenvalue weighted by Gasteiger charge is 2.36. The van der Waals surface area contributed by atoms with Crippen molar-refractivity contribution in [1.29, 1.82) is 0 Å². The fraction of sp³-hybridized carbons (Fsp3) is 0.533. The molecule has 2 saturated heterocycles. The van der Waals surface area contributed by atoms with Crippen molar-refractivity contribution in [1.82, 2.24) is 5.32 Å². The third-order valence-electron chi connectivity index (χ3n) is 4.25. The molecule has 2 nitrogen and oxygen atoms in total. The summed E-state index contributed by atoms with van der Waals surface area (Å²) in [6.45, 7) is 2.03. The highest BCUT2D eigenvalue weighted by Crippen LogP contribution is 2.33. The summed E-state index contributed by atoms with van der Waals surface area (Å²) in [5, 5.41) is 3.59. The number of nitrogens with one attached hydrogen (secondary N) is 1. The first kappa shape index (κ1) is 11.0. The lowest BCUT2D eigenvalue weighted by Crippen LogP contribution is -2.40. The fourth-order valence-corrected chi connectivity index (χ4v) is 3.34. The molecule has 2 bridgehead atoms. The highest BCUT2D eigenvalue weighted by molar-refractivity contribution is 5.99. The minimum Gasteiger partial charge on any atom is -0.311 e. The van der Waals surface area contributed by atoms with Gasteiger partial charge < -0.3 is 5.32 Å². The Morgan fingerprint density at radius 3 is 2.47 bits per heavy atom. The second-order valence-electron chi connectivity index (χ2n) is 5.49. The summed E-state index contributed by atoms with van der Waals surface area (Å²) in [4.78, 5) is 12.5. The van der Waals surface area contributed by atoms with Gasteiger partial charge in [0.15, 0.2) is 5.78 Å². The number of aryl methyl sites for hydroxylation is 1. The molecular weight excluding hydrogens is 210 g/mol. The van der Waals surface area contributed by atoms with Crippen molar-refractivity contribution in [2.45, 2.75) is 44.7 Å². The Labute approximate surface area is 102 Å². The third-order valence-corrected chi connectivity index (χ3v) is 4.25. The standard InChI is InChI=1S/C15H19NO/c1-10-4-2-3-5-14(10)15(17)11-8-12-6-7-13(9-11)16-12/h2-5,11-13,16H,6-9H2,1H3. The molecule has 2 heterocycles. The summed E-state index contributed by atoms with van der Waals surface area (Å²) in [5.41, 5.74) is 2.04. The van der Waals surface area contributed by atoms with Crippen molar-refractivity contribution in [3.8, 4) is 0 Å². The Bertz CT molecular complexity index is 428. The van der Waals surface area contributed by atoms with Gasteiger partial charge in [0.2, 0.25) is 0 Å². The van der Waals surface area contributed by atoms with Gasteiger partial charge in [-0.1, -0.05) is 24.3 Å². The van der Waals surface area contributed by atoms with E-state index in [1.165, 1.54) is 12.8 Å². The number of Topliss-reactive ketones (excluding diaryl/α,β-unsaturated/α-hetero) is 1. The summed E-state index contributed by atoms with van der Waals surface area (Å²) < 4.78 is 0. The van der Waals surface area contributed by atoms with Crippen LogP contribution < -0.4 is 5.32 Å². The minimum atomic E-state index is 0.245. The Morgan fingerprint density at radius 1 is 1.18 bits per heavy atom. The lowest BCUT2D eigenvalue weighted by Gasteiger charge is -2.28. The van der Waals surface area contributed by atoms with Gasteiger partial charge in [-0.2, -0.15) is 0 Å². The van der Waals surface area contributed by atoms with Gasteiger partial charge in [0.05, 0.1) is 0 Å². The maximum Gasteiger partial charge on any atom is 0.166 e. The lowest BCUT2D eigenvalue weighted by molar-refractivity contribution is 0.0875. The van der Waals surface area contributed by atoms with Crippen molar-refractivity contribution in [3.05, 3.63) is 35.4 Å². The molecule has 0 amide bonds. The second kappa shape index (κ2) is 4.26. The van der Waals surface area contributed by atoms with Crippen molar-refractivity contribution in [3.63, 3.8) is 0 Å². The number of piperidine rings is 1. The molecule has 17 heavy (non-hydrogen) atoms. The summed E-state index contributed by atoms with van der Waals surface area (Å²) in [6, 6.07) is 9.15. The van der Waals surface area contributed by atoms with Gasteiger partial charge in [0.1, 0.15) is 0 Å². The molecule has 2 heteroatoms. The van der Waals surface area contributed by atoms with E-state index in [9.17, 15) is 4.79 Å². The molecule has 0 aromatic heterocycles. The van der Waals surface area contributed by atoms with Gasteiger partial charge >= 0.3 is 0 Å². The van der Waals surface area contributed by atoms with Crippen molar-refractivity contribution in [2.24, 2.45) is 5.92 Å². The highest BCUT2D eigenvalue weighted by atomic mass is 16.1. The van der Waals surface area contributed by atoms with Crippen molar-refractivity contribution >= 4 is 5.78 Å². The molecule has 2 aliphatic heterocycles. The molecule has 0 aliphatic carbocycles. The van der Waals surface area contributed by atoms with E-state index in [1.54, 1.807) is 0 Å². The van der Waals surface area contributed by atoms with Gasteiger partial charge in [0.25, 0.3) is 0 Å².